The summed E-state index contributed by atoms with van der Waals surface area (Å²) in [5, 5.41) is 12.6. The second kappa shape index (κ2) is 6.30. The van der Waals surface area contributed by atoms with Gasteiger partial charge in [-0.3, -0.25) is 4.79 Å². The molecule has 2 rings (SSSR count). The molecule has 1 atom stereocenters. The van der Waals surface area contributed by atoms with Gasteiger partial charge in [0.25, 0.3) is 0 Å². The fourth-order valence-electron chi connectivity index (χ4n) is 2.05. The number of nitrogens with zero attached hydrogens (tertiary/aromatic N) is 1. The van der Waals surface area contributed by atoms with Crippen molar-refractivity contribution < 1.29 is 19.1 Å². The molecule has 112 valence electrons. The number of carboxylic acid groups (broad SMARTS) is 1. The van der Waals surface area contributed by atoms with Crippen molar-refractivity contribution in [2.75, 3.05) is 13.6 Å². The Bertz CT molecular complexity index is 650. The SMILES string of the molecule is CC(CN(C)C(=O)NCc1coc2ccccc12)C(=O)O. The van der Waals surface area contributed by atoms with Crippen molar-refractivity contribution in [3.05, 3.63) is 36.1 Å². The highest BCUT2D eigenvalue weighted by atomic mass is 16.4. The number of para-hydroxylation sites is 1. The van der Waals surface area contributed by atoms with Crippen molar-refractivity contribution in [1.82, 2.24) is 10.2 Å². The number of carbonyl (C=O) groups excluding carboxylic acids is 1. The van der Waals surface area contributed by atoms with E-state index in [0.717, 1.165) is 16.5 Å². The number of furan rings is 1. The Balaban J connectivity index is 1.93. The first-order valence-electron chi connectivity index (χ1n) is 6.66. The summed E-state index contributed by atoms with van der Waals surface area (Å²) in [5.74, 6) is -1.52. The number of amides is 2. The average Bonchev–Trinajstić information content (AvgIpc) is 2.87. The Morgan fingerprint density at radius 3 is 2.81 bits per heavy atom. The van der Waals surface area contributed by atoms with Crippen molar-refractivity contribution in [1.29, 1.82) is 0 Å². The van der Waals surface area contributed by atoms with Gasteiger partial charge in [0, 0.05) is 31.1 Å². The van der Waals surface area contributed by atoms with Crippen LogP contribution in [-0.2, 0) is 11.3 Å². The molecule has 0 radical (unpaired) electrons. The second-order valence-corrected chi connectivity index (χ2v) is 5.04. The molecule has 2 amide bonds. The minimum Gasteiger partial charge on any atom is -0.481 e. The summed E-state index contributed by atoms with van der Waals surface area (Å²) >= 11 is 0. The molecule has 6 nitrogen and oxygen atoms in total. The molecule has 2 N–H and O–H groups in total. The lowest BCUT2D eigenvalue weighted by Gasteiger charge is -2.19. The predicted octanol–water partition coefficient (Wildman–Crippen LogP) is 2.29. The third-order valence-electron chi connectivity index (χ3n) is 3.31. The van der Waals surface area contributed by atoms with Gasteiger partial charge in [0.2, 0.25) is 0 Å². The van der Waals surface area contributed by atoms with Crippen LogP contribution in [0, 0.1) is 5.92 Å². The molecule has 0 fully saturated rings. The van der Waals surface area contributed by atoms with Crippen molar-refractivity contribution in [3.63, 3.8) is 0 Å². The normalized spacial score (nSPS) is 12.1. The number of hydrogen-bond donors (Lipinski definition) is 2. The van der Waals surface area contributed by atoms with Gasteiger partial charge in [-0.2, -0.15) is 0 Å². The molecule has 0 aliphatic heterocycles. The van der Waals surface area contributed by atoms with E-state index >= 15 is 0 Å². The van der Waals surface area contributed by atoms with Crippen LogP contribution in [0.3, 0.4) is 0 Å². The maximum absolute atomic E-state index is 11.9. The van der Waals surface area contributed by atoms with Crippen LogP contribution >= 0.6 is 0 Å². The van der Waals surface area contributed by atoms with E-state index in [-0.39, 0.29) is 12.6 Å². The van der Waals surface area contributed by atoms with Gasteiger partial charge in [-0.15, -0.1) is 0 Å². The number of aliphatic carboxylic acids is 1. The zero-order chi connectivity index (χ0) is 15.4. The monoisotopic (exact) mass is 290 g/mol. The summed E-state index contributed by atoms with van der Waals surface area (Å²) in [5.41, 5.74) is 1.66. The molecule has 2 aromatic rings. The van der Waals surface area contributed by atoms with E-state index in [0.29, 0.717) is 6.54 Å². The smallest absolute Gasteiger partial charge is 0.317 e. The number of benzene rings is 1. The van der Waals surface area contributed by atoms with E-state index in [1.54, 1.807) is 20.2 Å². The van der Waals surface area contributed by atoms with Crippen LogP contribution in [0.5, 0.6) is 0 Å². The summed E-state index contributed by atoms with van der Waals surface area (Å²) in [7, 11) is 1.57. The molecular weight excluding hydrogens is 272 g/mol. The molecule has 0 bridgehead atoms. The van der Waals surface area contributed by atoms with Crippen LogP contribution in [0.25, 0.3) is 11.0 Å². The fraction of sp³-hybridized carbons (Fsp3) is 0.333. The van der Waals surface area contributed by atoms with Gasteiger partial charge in [-0.25, -0.2) is 4.79 Å². The molecule has 1 unspecified atom stereocenters. The Morgan fingerprint density at radius 1 is 1.38 bits per heavy atom. The highest BCUT2D eigenvalue weighted by Gasteiger charge is 2.17. The van der Waals surface area contributed by atoms with Crippen molar-refractivity contribution in [3.8, 4) is 0 Å². The molecular formula is C15H18N2O4. The molecule has 0 spiro atoms. The Kier molecular flexibility index (Phi) is 4.47. The second-order valence-electron chi connectivity index (χ2n) is 5.04. The Labute approximate surface area is 122 Å². The molecule has 0 aliphatic rings. The first-order chi connectivity index (χ1) is 9.99. The lowest BCUT2D eigenvalue weighted by Crippen LogP contribution is -2.40. The van der Waals surface area contributed by atoms with Crippen LogP contribution in [-0.4, -0.2) is 35.6 Å². The summed E-state index contributed by atoms with van der Waals surface area (Å²) in [6, 6.07) is 7.27. The lowest BCUT2D eigenvalue weighted by atomic mass is 10.2. The first-order valence-corrected chi connectivity index (χ1v) is 6.66. The van der Waals surface area contributed by atoms with Crippen LogP contribution < -0.4 is 5.32 Å². The fourth-order valence-corrected chi connectivity index (χ4v) is 2.05. The van der Waals surface area contributed by atoms with E-state index in [9.17, 15) is 9.59 Å². The zero-order valence-corrected chi connectivity index (χ0v) is 12.0. The number of rotatable bonds is 5. The molecule has 1 aromatic carbocycles. The van der Waals surface area contributed by atoms with E-state index in [1.807, 2.05) is 24.3 Å². The maximum atomic E-state index is 11.9. The zero-order valence-electron chi connectivity index (χ0n) is 12.0. The van der Waals surface area contributed by atoms with E-state index < -0.39 is 11.9 Å². The molecule has 0 saturated heterocycles. The number of nitrogens with one attached hydrogen (secondary N) is 1. The summed E-state index contributed by atoms with van der Waals surface area (Å²) < 4.78 is 5.40. The van der Waals surface area contributed by atoms with Crippen LogP contribution in [0.15, 0.2) is 34.9 Å². The van der Waals surface area contributed by atoms with Crippen LogP contribution in [0.4, 0.5) is 4.79 Å². The lowest BCUT2D eigenvalue weighted by molar-refractivity contribution is -0.141. The number of fused-ring (bicyclic) bond motifs is 1. The topological polar surface area (TPSA) is 82.8 Å². The Hall–Kier alpha value is -2.50. The van der Waals surface area contributed by atoms with Crippen LogP contribution in [0.2, 0.25) is 0 Å². The maximum Gasteiger partial charge on any atom is 0.317 e. The summed E-state index contributed by atoms with van der Waals surface area (Å²) in [6.07, 6.45) is 1.62. The highest BCUT2D eigenvalue weighted by molar-refractivity contribution is 5.82. The van der Waals surface area contributed by atoms with Gasteiger partial charge >= 0.3 is 12.0 Å². The minimum absolute atomic E-state index is 0.160. The van der Waals surface area contributed by atoms with Crippen molar-refractivity contribution in [2.45, 2.75) is 13.5 Å². The summed E-state index contributed by atoms with van der Waals surface area (Å²) in [6.45, 7) is 2.06. The summed E-state index contributed by atoms with van der Waals surface area (Å²) in [4.78, 5) is 24.1. The Morgan fingerprint density at radius 2 is 2.10 bits per heavy atom. The molecule has 6 heteroatoms. The number of carboxylic acids is 1. The van der Waals surface area contributed by atoms with Crippen molar-refractivity contribution >= 4 is 23.0 Å². The predicted molar refractivity (Wildman–Crippen MR) is 77.9 cm³/mol. The average molecular weight is 290 g/mol. The molecule has 1 heterocycles. The van der Waals surface area contributed by atoms with Gasteiger partial charge in [0.05, 0.1) is 12.2 Å². The number of hydrogen-bond acceptors (Lipinski definition) is 3. The number of carbonyl (C=O) groups is 2. The van der Waals surface area contributed by atoms with Gasteiger partial charge in [-0.05, 0) is 6.07 Å². The van der Waals surface area contributed by atoms with Gasteiger partial charge in [0.15, 0.2) is 0 Å². The van der Waals surface area contributed by atoms with Gasteiger partial charge in [0.1, 0.15) is 5.58 Å². The third-order valence-corrected chi connectivity index (χ3v) is 3.31. The third kappa shape index (κ3) is 3.53. The van der Waals surface area contributed by atoms with E-state index in [1.165, 1.54) is 4.90 Å². The molecule has 0 aliphatic carbocycles. The largest absolute Gasteiger partial charge is 0.481 e. The molecule has 21 heavy (non-hydrogen) atoms. The van der Waals surface area contributed by atoms with E-state index in [4.69, 9.17) is 9.52 Å². The van der Waals surface area contributed by atoms with Gasteiger partial charge in [-0.1, -0.05) is 25.1 Å². The quantitative estimate of drug-likeness (QED) is 0.885. The highest BCUT2D eigenvalue weighted by Crippen LogP contribution is 2.20. The number of urea groups is 1. The van der Waals surface area contributed by atoms with Crippen LogP contribution in [0.1, 0.15) is 12.5 Å². The van der Waals surface area contributed by atoms with E-state index in [2.05, 4.69) is 5.32 Å². The minimum atomic E-state index is -0.921. The molecule has 0 saturated carbocycles. The van der Waals surface area contributed by atoms with Crippen molar-refractivity contribution in [2.24, 2.45) is 5.92 Å². The van der Waals surface area contributed by atoms with Gasteiger partial charge < -0.3 is 19.7 Å². The molecule has 1 aromatic heterocycles. The standard InChI is InChI=1S/C15H18N2O4/c1-10(14(18)19)8-17(2)15(20)16-7-11-9-21-13-6-4-3-5-12(11)13/h3-6,9-10H,7-8H2,1-2H3,(H,16,20)(H,18,19). The first kappa shape index (κ1) is 14.9.